The third kappa shape index (κ3) is 5.15. The lowest BCUT2D eigenvalue weighted by Crippen LogP contribution is -2.41. The molecule has 0 aliphatic carbocycles. The lowest BCUT2D eigenvalue weighted by molar-refractivity contribution is -0.134. The Kier molecular flexibility index (Phi) is 6.20. The maximum atomic E-state index is 12.2. The van der Waals surface area contributed by atoms with Crippen LogP contribution in [0.4, 0.5) is 0 Å². The summed E-state index contributed by atoms with van der Waals surface area (Å²) in [4.78, 5) is 39.4. The Morgan fingerprint density at radius 3 is 2.67 bits per heavy atom. The lowest BCUT2D eigenvalue weighted by Gasteiger charge is -2.26. The molecule has 1 saturated heterocycles. The highest BCUT2D eigenvalue weighted by Crippen LogP contribution is 2.19. The predicted octanol–water partition coefficient (Wildman–Crippen LogP) is 1.89. The Morgan fingerprint density at radius 2 is 1.93 bits per heavy atom. The van der Waals surface area contributed by atoms with Crippen molar-refractivity contribution < 1.29 is 29.0 Å². The van der Waals surface area contributed by atoms with E-state index >= 15 is 0 Å². The normalized spacial score (nSPS) is 14.0. The van der Waals surface area contributed by atoms with Crippen LogP contribution in [0.2, 0.25) is 0 Å². The SMILES string of the molecule is O=C(OCC(=O)c1ccc(CC(=O)N2CCOCC2)s1)c1cccc(O)c1. The first-order valence-corrected chi connectivity index (χ1v) is 9.28. The number of benzene rings is 1. The maximum absolute atomic E-state index is 12.2. The summed E-state index contributed by atoms with van der Waals surface area (Å²) in [6, 6.07) is 9.10. The Labute approximate surface area is 160 Å². The van der Waals surface area contributed by atoms with E-state index in [9.17, 15) is 19.5 Å². The highest BCUT2D eigenvalue weighted by Gasteiger charge is 2.19. The van der Waals surface area contributed by atoms with E-state index in [1.54, 1.807) is 17.0 Å². The summed E-state index contributed by atoms with van der Waals surface area (Å²) >= 11 is 1.22. The second-order valence-electron chi connectivity index (χ2n) is 5.99. The number of phenolic OH excluding ortho intramolecular Hbond substituents is 1. The van der Waals surface area contributed by atoms with Crippen molar-refractivity contribution in [2.75, 3.05) is 32.9 Å². The molecule has 1 amide bonds. The Bertz CT molecular complexity index is 840. The Morgan fingerprint density at radius 1 is 1.15 bits per heavy atom. The second kappa shape index (κ2) is 8.79. The van der Waals surface area contributed by atoms with Crippen molar-refractivity contribution in [3.63, 3.8) is 0 Å². The topological polar surface area (TPSA) is 93.1 Å². The molecule has 1 fully saturated rings. The molecule has 0 bridgehead atoms. The molecule has 8 heteroatoms. The van der Waals surface area contributed by atoms with E-state index in [0.717, 1.165) is 4.88 Å². The van der Waals surface area contributed by atoms with Crippen molar-refractivity contribution in [2.45, 2.75) is 6.42 Å². The first kappa shape index (κ1) is 19.1. The van der Waals surface area contributed by atoms with Gasteiger partial charge in [-0.2, -0.15) is 0 Å². The second-order valence-corrected chi connectivity index (χ2v) is 7.15. The van der Waals surface area contributed by atoms with Crippen LogP contribution in [0.5, 0.6) is 5.75 Å². The number of esters is 1. The highest BCUT2D eigenvalue weighted by molar-refractivity contribution is 7.14. The molecular formula is C19H19NO6S. The molecule has 142 valence electrons. The van der Waals surface area contributed by atoms with E-state index in [1.807, 2.05) is 0 Å². The molecule has 1 N–H and O–H groups in total. The quantitative estimate of drug-likeness (QED) is 0.599. The molecule has 1 aliphatic rings. The number of hydrogen-bond acceptors (Lipinski definition) is 7. The van der Waals surface area contributed by atoms with Gasteiger partial charge in [0.15, 0.2) is 6.61 Å². The number of carbonyl (C=O) groups excluding carboxylic acids is 3. The van der Waals surface area contributed by atoms with Crippen LogP contribution >= 0.6 is 11.3 Å². The highest BCUT2D eigenvalue weighted by atomic mass is 32.1. The van der Waals surface area contributed by atoms with Gasteiger partial charge < -0.3 is 19.5 Å². The molecule has 7 nitrogen and oxygen atoms in total. The molecule has 0 saturated carbocycles. The predicted molar refractivity (Wildman–Crippen MR) is 98.1 cm³/mol. The molecule has 27 heavy (non-hydrogen) atoms. The number of aromatic hydroxyl groups is 1. The van der Waals surface area contributed by atoms with Gasteiger partial charge in [-0.05, 0) is 30.3 Å². The standard InChI is InChI=1S/C19H19NO6S/c21-14-3-1-2-13(10-14)19(24)26-12-16(22)17-5-4-15(27-17)11-18(23)20-6-8-25-9-7-20/h1-5,10,21H,6-9,11-12H2. The van der Waals surface area contributed by atoms with Crippen molar-refractivity contribution in [3.05, 3.63) is 51.7 Å². The molecule has 1 aromatic carbocycles. The molecule has 1 aromatic heterocycles. The third-order valence-electron chi connectivity index (χ3n) is 4.04. The van der Waals surface area contributed by atoms with Gasteiger partial charge in [0, 0.05) is 18.0 Å². The van der Waals surface area contributed by atoms with Gasteiger partial charge in [0.05, 0.1) is 30.1 Å². The van der Waals surface area contributed by atoms with Crippen molar-refractivity contribution in [1.29, 1.82) is 0 Å². The smallest absolute Gasteiger partial charge is 0.338 e. The van der Waals surface area contributed by atoms with E-state index in [2.05, 4.69) is 0 Å². The van der Waals surface area contributed by atoms with Gasteiger partial charge in [0.1, 0.15) is 5.75 Å². The summed E-state index contributed by atoms with van der Waals surface area (Å²) in [5, 5.41) is 9.38. The Balaban J connectivity index is 1.52. The zero-order valence-electron chi connectivity index (χ0n) is 14.6. The number of amides is 1. The summed E-state index contributed by atoms with van der Waals surface area (Å²) in [5.41, 5.74) is 0.172. The molecule has 3 rings (SSSR count). The minimum absolute atomic E-state index is 0.00876. The molecule has 2 aromatic rings. The summed E-state index contributed by atoms with van der Waals surface area (Å²) in [5.74, 6) is -1.06. The average molecular weight is 389 g/mol. The van der Waals surface area contributed by atoms with Gasteiger partial charge in [-0.3, -0.25) is 9.59 Å². The van der Waals surface area contributed by atoms with E-state index in [4.69, 9.17) is 9.47 Å². The van der Waals surface area contributed by atoms with Crippen LogP contribution in [0.15, 0.2) is 36.4 Å². The van der Waals surface area contributed by atoms with Crippen molar-refractivity contribution in [2.24, 2.45) is 0 Å². The van der Waals surface area contributed by atoms with Crippen LogP contribution in [0, 0.1) is 0 Å². The number of ketones is 1. The zero-order valence-corrected chi connectivity index (χ0v) is 15.4. The van der Waals surface area contributed by atoms with Gasteiger partial charge in [-0.15, -0.1) is 11.3 Å². The van der Waals surface area contributed by atoms with Gasteiger partial charge in [0.25, 0.3) is 0 Å². The number of hydrogen-bond donors (Lipinski definition) is 1. The van der Waals surface area contributed by atoms with Crippen molar-refractivity contribution >= 4 is 29.0 Å². The molecule has 0 radical (unpaired) electrons. The van der Waals surface area contributed by atoms with E-state index < -0.39 is 12.6 Å². The molecule has 0 unspecified atom stereocenters. The van der Waals surface area contributed by atoms with Crippen LogP contribution in [-0.2, 0) is 20.7 Å². The van der Waals surface area contributed by atoms with Crippen molar-refractivity contribution in [3.8, 4) is 5.75 Å². The number of rotatable bonds is 6. The number of thiophene rings is 1. The fourth-order valence-electron chi connectivity index (χ4n) is 2.61. The van der Waals surface area contributed by atoms with E-state index in [0.29, 0.717) is 31.2 Å². The largest absolute Gasteiger partial charge is 0.508 e. The first-order valence-electron chi connectivity index (χ1n) is 8.46. The number of phenols is 1. The van der Waals surface area contributed by atoms with Gasteiger partial charge in [-0.1, -0.05) is 6.07 Å². The molecule has 2 heterocycles. The van der Waals surface area contributed by atoms with E-state index in [-0.39, 0.29) is 29.4 Å². The van der Waals surface area contributed by atoms with Crippen LogP contribution in [0.1, 0.15) is 24.9 Å². The summed E-state index contributed by atoms with van der Waals surface area (Å²) in [7, 11) is 0. The fourth-order valence-corrected chi connectivity index (χ4v) is 3.54. The average Bonchev–Trinajstić information content (AvgIpc) is 3.15. The maximum Gasteiger partial charge on any atom is 0.338 e. The molecular weight excluding hydrogens is 370 g/mol. The van der Waals surface area contributed by atoms with Gasteiger partial charge >= 0.3 is 5.97 Å². The fraction of sp³-hybridized carbons (Fsp3) is 0.316. The summed E-state index contributed by atoms with van der Waals surface area (Å²) < 4.78 is 10.2. The van der Waals surface area contributed by atoms with Crippen LogP contribution in [-0.4, -0.2) is 60.6 Å². The van der Waals surface area contributed by atoms with Crippen LogP contribution < -0.4 is 0 Å². The lowest BCUT2D eigenvalue weighted by atomic mass is 10.2. The molecule has 0 atom stereocenters. The number of ether oxygens (including phenoxy) is 2. The van der Waals surface area contributed by atoms with Gasteiger partial charge in [-0.25, -0.2) is 4.79 Å². The van der Waals surface area contributed by atoms with E-state index in [1.165, 1.54) is 35.6 Å². The summed E-state index contributed by atoms with van der Waals surface area (Å²) in [6.07, 6.45) is 0.237. The minimum atomic E-state index is -0.682. The zero-order chi connectivity index (χ0) is 19.2. The van der Waals surface area contributed by atoms with Gasteiger partial charge in [0.2, 0.25) is 11.7 Å². The first-order chi connectivity index (χ1) is 13.0. The third-order valence-corrected chi connectivity index (χ3v) is 5.17. The van der Waals surface area contributed by atoms with Crippen LogP contribution in [0.25, 0.3) is 0 Å². The summed E-state index contributed by atoms with van der Waals surface area (Å²) in [6.45, 7) is 1.86. The number of carbonyl (C=O) groups is 3. The van der Waals surface area contributed by atoms with Crippen LogP contribution in [0.3, 0.4) is 0 Å². The minimum Gasteiger partial charge on any atom is -0.508 e. The monoisotopic (exact) mass is 389 g/mol. The van der Waals surface area contributed by atoms with Crippen molar-refractivity contribution in [1.82, 2.24) is 4.90 Å². The number of Topliss-reactive ketones (excluding diaryl/α,β-unsaturated/α-hetero) is 1. The molecule has 0 spiro atoms. The number of nitrogens with zero attached hydrogens (tertiary/aromatic N) is 1. The Hall–Kier alpha value is -2.71. The molecule has 1 aliphatic heterocycles. The number of morpholine rings is 1.